The highest BCUT2D eigenvalue weighted by atomic mass is 35.5. The van der Waals surface area contributed by atoms with Crippen LogP contribution in [0.2, 0.25) is 5.02 Å². The summed E-state index contributed by atoms with van der Waals surface area (Å²) in [6.45, 7) is 6.57. The number of carboxylic acid groups (broad SMARTS) is 1. The Morgan fingerprint density at radius 3 is 2.50 bits per heavy atom. The Labute approximate surface area is 123 Å². The fourth-order valence-corrected chi connectivity index (χ4v) is 1.68. The second-order valence-corrected chi connectivity index (χ2v) is 5.88. The summed E-state index contributed by atoms with van der Waals surface area (Å²) in [5.74, 6) is -1.28. The first kappa shape index (κ1) is 16.5. The molecule has 0 heterocycles. The molecule has 110 valence electrons. The van der Waals surface area contributed by atoms with Crippen LogP contribution in [0.4, 0.5) is 5.69 Å². The van der Waals surface area contributed by atoms with Gasteiger partial charge in [-0.1, -0.05) is 11.6 Å². The first-order valence-corrected chi connectivity index (χ1v) is 6.64. The number of benzene rings is 1. The standard InChI is InChI=1S/C14H19ClN2O3/c1-14(2,3)16-7-6-12(18)17-11-8-9(13(19)20)4-5-10(11)15/h4-5,8,16H,6-7H2,1-3H3,(H,17,18)(H,19,20). The number of hydrogen-bond acceptors (Lipinski definition) is 3. The normalized spacial score (nSPS) is 11.2. The van der Waals surface area contributed by atoms with Crippen LogP contribution in [0.1, 0.15) is 37.6 Å². The average molecular weight is 299 g/mol. The van der Waals surface area contributed by atoms with E-state index in [0.29, 0.717) is 17.3 Å². The second kappa shape index (κ2) is 6.72. The van der Waals surface area contributed by atoms with Crippen molar-refractivity contribution >= 4 is 29.2 Å². The number of anilines is 1. The summed E-state index contributed by atoms with van der Waals surface area (Å²) in [6.07, 6.45) is 0.283. The van der Waals surface area contributed by atoms with E-state index in [-0.39, 0.29) is 23.4 Å². The average Bonchev–Trinajstić information content (AvgIpc) is 2.30. The lowest BCUT2D eigenvalue weighted by Crippen LogP contribution is -2.37. The molecule has 0 saturated heterocycles. The Bertz CT molecular complexity index is 510. The largest absolute Gasteiger partial charge is 0.478 e. The van der Waals surface area contributed by atoms with Crippen LogP contribution in [0.15, 0.2) is 18.2 Å². The molecule has 1 aromatic rings. The Balaban J connectivity index is 2.62. The van der Waals surface area contributed by atoms with Crippen LogP contribution in [0.3, 0.4) is 0 Å². The first-order chi connectivity index (χ1) is 9.19. The van der Waals surface area contributed by atoms with Crippen molar-refractivity contribution < 1.29 is 14.7 Å². The van der Waals surface area contributed by atoms with Gasteiger partial charge in [0.05, 0.1) is 16.3 Å². The minimum Gasteiger partial charge on any atom is -0.478 e. The molecular weight excluding hydrogens is 280 g/mol. The van der Waals surface area contributed by atoms with Gasteiger partial charge in [-0.2, -0.15) is 0 Å². The van der Waals surface area contributed by atoms with Crippen molar-refractivity contribution in [3.63, 3.8) is 0 Å². The minimum atomic E-state index is -1.06. The molecule has 6 heteroatoms. The third-order valence-electron chi connectivity index (χ3n) is 2.49. The number of nitrogens with one attached hydrogen (secondary N) is 2. The summed E-state index contributed by atoms with van der Waals surface area (Å²) in [6, 6.07) is 4.19. The van der Waals surface area contributed by atoms with Crippen molar-refractivity contribution in [3.05, 3.63) is 28.8 Å². The van der Waals surface area contributed by atoms with E-state index in [1.165, 1.54) is 18.2 Å². The maximum atomic E-state index is 11.8. The zero-order valence-corrected chi connectivity index (χ0v) is 12.5. The van der Waals surface area contributed by atoms with Crippen LogP contribution in [-0.4, -0.2) is 29.1 Å². The van der Waals surface area contributed by atoms with Crippen LogP contribution in [0, 0.1) is 0 Å². The van der Waals surface area contributed by atoms with Crippen molar-refractivity contribution in [2.75, 3.05) is 11.9 Å². The molecule has 0 saturated carbocycles. The molecule has 0 radical (unpaired) electrons. The van der Waals surface area contributed by atoms with Gasteiger partial charge in [0.25, 0.3) is 0 Å². The van der Waals surface area contributed by atoms with Gasteiger partial charge in [-0.3, -0.25) is 4.79 Å². The van der Waals surface area contributed by atoms with Crippen molar-refractivity contribution in [1.82, 2.24) is 5.32 Å². The summed E-state index contributed by atoms with van der Waals surface area (Å²) in [4.78, 5) is 22.6. The lowest BCUT2D eigenvalue weighted by Gasteiger charge is -2.20. The predicted molar refractivity (Wildman–Crippen MR) is 79.4 cm³/mol. The third kappa shape index (κ3) is 5.59. The van der Waals surface area contributed by atoms with Gasteiger partial charge >= 0.3 is 5.97 Å². The molecule has 0 fully saturated rings. The molecule has 0 aliphatic rings. The number of rotatable bonds is 5. The molecule has 1 amide bonds. The van der Waals surface area contributed by atoms with Crippen molar-refractivity contribution in [2.45, 2.75) is 32.7 Å². The fraction of sp³-hybridized carbons (Fsp3) is 0.429. The van der Waals surface area contributed by atoms with Gasteiger partial charge in [0.1, 0.15) is 0 Å². The molecule has 0 aliphatic heterocycles. The molecule has 0 aromatic heterocycles. The lowest BCUT2D eigenvalue weighted by atomic mass is 10.1. The van der Waals surface area contributed by atoms with Crippen molar-refractivity contribution in [2.24, 2.45) is 0 Å². The van der Waals surface area contributed by atoms with Crippen LogP contribution >= 0.6 is 11.6 Å². The van der Waals surface area contributed by atoms with Gasteiger partial charge in [0.2, 0.25) is 5.91 Å². The Morgan fingerprint density at radius 2 is 1.95 bits per heavy atom. The number of halogens is 1. The summed E-state index contributed by atoms with van der Waals surface area (Å²) in [5, 5.41) is 15.0. The van der Waals surface area contributed by atoms with E-state index in [2.05, 4.69) is 10.6 Å². The Morgan fingerprint density at radius 1 is 1.30 bits per heavy atom. The quantitative estimate of drug-likeness (QED) is 0.781. The fourth-order valence-electron chi connectivity index (χ4n) is 1.52. The molecule has 3 N–H and O–H groups in total. The maximum absolute atomic E-state index is 11.8. The Hall–Kier alpha value is -1.59. The van der Waals surface area contributed by atoms with Gasteiger partial charge in [-0.15, -0.1) is 0 Å². The minimum absolute atomic E-state index is 0.0544. The van der Waals surface area contributed by atoms with Crippen LogP contribution in [0.25, 0.3) is 0 Å². The van der Waals surface area contributed by atoms with Gasteiger partial charge < -0.3 is 15.7 Å². The van der Waals surface area contributed by atoms with E-state index in [4.69, 9.17) is 16.7 Å². The van der Waals surface area contributed by atoms with E-state index in [1.54, 1.807) is 0 Å². The molecule has 0 spiro atoms. The molecule has 20 heavy (non-hydrogen) atoms. The third-order valence-corrected chi connectivity index (χ3v) is 2.82. The number of amides is 1. The Kier molecular flexibility index (Phi) is 5.53. The smallest absolute Gasteiger partial charge is 0.335 e. The highest BCUT2D eigenvalue weighted by Crippen LogP contribution is 2.23. The van der Waals surface area contributed by atoms with Crippen molar-refractivity contribution in [1.29, 1.82) is 0 Å². The zero-order chi connectivity index (χ0) is 15.3. The number of carbonyl (C=O) groups is 2. The van der Waals surface area contributed by atoms with Crippen molar-refractivity contribution in [3.8, 4) is 0 Å². The van der Waals surface area contributed by atoms with Gasteiger partial charge in [0, 0.05) is 18.5 Å². The molecule has 0 bridgehead atoms. The summed E-state index contributed by atoms with van der Waals surface area (Å²) >= 11 is 5.93. The highest BCUT2D eigenvalue weighted by molar-refractivity contribution is 6.33. The van der Waals surface area contributed by atoms with E-state index < -0.39 is 5.97 Å². The van der Waals surface area contributed by atoms with Crippen LogP contribution in [0.5, 0.6) is 0 Å². The van der Waals surface area contributed by atoms with Gasteiger partial charge in [-0.05, 0) is 39.0 Å². The zero-order valence-electron chi connectivity index (χ0n) is 11.8. The highest BCUT2D eigenvalue weighted by Gasteiger charge is 2.12. The van der Waals surface area contributed by atoms with E-state index in [0.717, 1.165) is 0 Å². The molecule has 0 atom stereocenters. The van der Waals surface area contributed by atoms with E-state index in [9.17, 15) is 9.59 Å². The summed E-state index contributed by atoms with van der Waals surface area (Å²) in [5.41, 5.74) is 0.339. The topological polar surface area (TPSA) is 78.4 Å². The first-order valence-electron chi connectivity index (χ1n) is 6.27. The molecule has 0 unspecified atom stereocenters. The van der Waals surface area contributed by atoms with Crippen LogP contribution in [-0.2, 0) is 4.79 Å². The number of hydrogen-bond donors (Lipinski definition) is 3. The number of aromatic carboxylic acids is 1. The van der Waals surface area contributed by atoms with Gasteiger partial charge in [-0.25, -0.2) is 4.79 Å². The summed E-state index contributed by atoms with van der Waals surface area (Å²) in [7, 11) is 0. The number of carbonyl (C=O) groups excluding carboxylic acids is 1. The monoisotopic (exact) mass is 298 g/mol. The maximum Gasteiger partial charge on any atom is 0.335 e. The summed E-state index contributed by atoms with van der Waals surface area (Å²) < 4.78 is 0. The SMILES string of the molecule is CC(C)(C)NCCC(=O)Nc1cc(C(=O)O)ccc1Cl. The molecule has 1 aromatic carbocycles. The predicted octanol–water partition coefficient (Wildman–Crippen LogP) is 2.75. The second-order valence-electron chi connectivity index (χ2n) is 5.47. The molecule has 5 nitrogen and oxygen atoms in total. The van der Waals surface area contributed by atoms with Crippen LogP contribution < -0.4 is 10.6 Å². The molecule has 1 rings (SSSR count). The lowest BCUT2D eigenvalue weighted by molar-refractivity contribution is -0.116. The van der Waals surface area contributed by atoms with E-state index in [1.807, 2.05) is 20.8 Å². The van der Waals surface area contributed by atoms with Gasteiger partial charge in [0.15, 0.2) is 0 Å². The molecule has 0 aliphatic carbocycles. The number of carboxylic acids is 1. The molecular formula is C14H19ClN2O3. The van der Waals surface area contributed by atoms with E-state index >= 15 is 0 Å².